The zero-order valence-electron chi connectivity index (χ0n) is 10.6. The number of halogens is 2. The molecule has 3 rings (SSSR count). The number of hydrogen-bond donors (Lipinski definition) is 0. The minimum atomic E-state index is -0.176. The van der Waals surface area contributed by atoms with Gasteiger partial charge in [0.15, 0.2) is 0 Å². The maximum atomic E-state index is 12.0. The van der Waals surface area contributed by atoms with Gasteiger partial charge in [0.05, 0.1) is 9.89 Å². The largest absolute Gasteiger partial charge is 0.488 e. The van der Waals surface area contributed by atoms with E-state index in [1.807, 2.05) is 18.2 Å². The number of Topliss-reactive ketones (excluding diaryl/α,β-unsaturated/α-hetero) is 1. The highest BCUT2D eigenvalue weighted by molar-refractivity contribution is 9.11. The van der Waals surface area contributed by atoms with Crippen LogP contribution in [0.4, 0.5) is 0 Å². The second-order valence-electron chi connectivity index (χ2n) is 5.53. The van der Waals surface area contributed by atoms with Gasteiger partial charge in [-0.15, -0.1) is 0 Å². The second kappa shape index (κ2) is 5.21. The van der Waals surface area contributed by atoms with Gasteiger partial charge >= 0.3 is 0 Å². The molecule has 4 heteroatoms. The van der Waals surface area contributed by atoms with Crippen LogP contribution in [0.1, 0.15) is 38.5 Å². The van der Waals surface area contributed by atoms with Gasteiger partial charge in [-0.3, -0.25) is 4.79 Å². The fraction of sp³-hybridized carbons (Fsp3) is 0.533. The lowest BCUT2D eigenvalue weighted by molar-refractivity contribution is -0.156. The fourth-order valence-corrected chi connectivity index (χ4v) is 4.42. The lowest BCUT2D eigenvalue weighted by Crippen LogP contribution is -2.57. The standard InChI is InChI=1S/C15H16Br2O2/c16-10-4-5-12(11(17)8-10)19-14-9-13(18)15(14)6-2-1-3-7-15/h4-5,8,14H,1-3,6-7,9H2. The smallest absolute Gasteiger partial charge is 0.146 e. The summed E-state index contributed by atoms with van der Waals surface area (Å²) in [6, 6.07) is 5.89. The summed E-state index contributed by atoms with van der Waals surface area (Å²) in [7, 11) is 0. The first kappa shape index (κ1) is 13.6. The van der Waals surface area contributed by atoms with E-state index in [4.69, 9.17) is 4.74 Å². The van der Waals surface area contributed by atoms with Crippen molar-refractivity contribution in [3.63, 3.8) is 0 Å². The van der Waals surface area contributed by atoms with Crippen LogP contribution in [0.15, 0.2) is 27.1 Å². The van der Waals surface area contributed by atoms with Crippen molar-refractivity contribution < 1.29 is 9.53 Å². The van der Waals surface area contributed by atoms with E-state index in [2.05, 4.69) is 31.9 Å². The van der Waals surface area contributed by atoms with Crippen molar-refractivity contribution in [1.82, 2.24) is 0 Å². The van der Waals surface area contributed by atoms with Crippen molar-refractivity contribution in [3.8, 4) is 5.75 Å². The van der Waals surface area contributed by atoms with Gasteiger partial charge in [0.1, 0.15) is 17.6 Å². The zero-order valence-corrected chi connectivity index (χ0v) is 13.8. The first-order valence-corrected chi connectivity index (χ1v) is 8.35. The predicted octanol–water partition coefficient (Wildman–Crippen LogP) is 4.88. The number of hydrogen-bond acceptors (Lipinski definition) is 2. The van der Waals surface area contributed by atoms with Gasteiger partial charge in [-0.2, -0.15) is 0 Å². The average molecular weight is 388 g/mol. The molecule has 1 atom stereocenters. The SMILES string of the molecule is O=C1CC(Oc2ccc(Br)cc2Br)C12CCCCC2. The van der Waals surface area contributed by atoms with Crippen molar-refractivity contribution in [2.24, 2.45) is 5.41 Å². The van der Waals surface area contributed by atoms with Crippen molar-refractivity contribution in [2.45, 2.75) is 44.6 Å². The molecule has 2 aliphatic rings. The zero-order chi connectivity index (χ0) is 13.5. The van der Waals surface area contributed by atoms with Gasteiger partial charge in [-0.1, -0.05) is 35.2 Å². The van der Waals surface area contributed by atoms with Crippen molar-refractivity contribution in [3.05, 3.63) is 27.1 Å². The first-order valence-electron chi connectivity index (χ1n) is 6.77. The minimum Gasteiger partial charge on any atom is -0.488 e. The van der Waals surface area contributed by atoms with E-state index < -0.39 is 0 Å². The third-order valence-electron chi connectivity index (χ3n) is 4.45. The van der Waals surface area contributed by atoms with E-state index in [9.17, 15) is 4.79 Å². The molecule has 19 heavy (non-hydrogen) atoms. The highest BCUT2D eigenvalue weighted by atomic mass is 79.9. The van der Waals surface area contributed by atoms with Crippen LogP contribution in [-0.4, -0.2) is 11.9 Å². The molecule has 1 aromatic carbocycles. The summed E-state index contributed by atoms with van der Waals surface area (Å²) >= 11 is 6.95. The molecule has 102 valence electrons. The summed E-state index contributed by atoms with van der Waals surface area (Å²) in [4.78, 5) is 12.0. The summed E-state index contributed by atoms with van der Waals surface area (Å²) in [6.07, 6.45) is 6.22. The molecule has 2 fully saturated rings. The number of carbonyl (C=O) groups is 1. The van der Waals surface area contributed by atoms with Crippen molar-refractivity contribution >= 4 is 37.6 Å². The molecule has 2 saturated carbocycles. The lowest BCUT2D eigenvalue weighted by Gasteiger charge is -2.49. The molecule has 0 bridgehead atoms. The fourth-order valence-electron chi connectivity index (χ4n) is 3.28. The molecular weight excluding hydrogens is 372 g/mol. The topological polar surface area (TPSA) is 26.3 Å². The molecule has 2 aliphatic carbocycles. The van der Waals surface area contributed by atoms with E-state index >= 15 is 0 Å². The Morgan fingerprint density at radius 1 is 1.16 bits per heavy atom. The molecule has 0 saturated heterocycles. The molecule has 1 aromatic rings. The average Bonchev–Trinajstić information content (AvgIpc) is 2.42. The molecule has 1 unspecified atom stereocenters. The van der Waals surface area contributed by atoms with Crippen LogP contribution in [0.25, 0.3) is 0 Å². The first-order chi connectivity index (χ1) is 9.12. The number of carbonyl (C=O) groups excluding carboxylic acids is 1. The molecule has 0 heterocycles. The Bertz CT molecular complexity index is 507. The Kier molecular flexibility index (Phi) is 3.73. The second-order valence-corrected chi connectivity index (χ2v) is 7.30. The van der Waals surface area contributed by atoms with Crippen LogP contribution in [0.2, 0.25) is 0 Å². The van der Waals surface area contributed by atoms with E-state index in [1.54, 1.807) is 0 Å². The van der Waals surface area contributed by atoms with Crippen molar-refractivity contribution in [1.29, 1.82) is 0 Å². The normalized spacial score (nSPS) is 25.2. The summed E-state index contributed by atoms with van der Waals surface area (Å²) in [5, 5.41) is 0. The minimum absolute atomic E-state index is 0.0674. The van der Waals surface area contributed by atoms with Gasteiger partial charge in [0, 0.05) is 10.9 Å². The molecule has 1 spiro atoms. The monoisotopic (exact) mass is 386 g/mol. The summed E-state index contributed by atoms with van der Waals surface area (Å²) in [5.41, 5.74) is -0.176. The number of ketones is 1. The van der Waals surface area contributed by atoms with E-state index in [0.29, 0.717) is 12.2 Å². The van der Waals surface area contributed by atoms with Gasteiger partial charge in [0.2, 0.25) is 0 Å². The maximum absolute atomic E-state index is 12.0. The van der Waals surface area contributed by atoms with Crippen LogP contribution in [0.3, 0.4) is 0 Å². The molecule has 0 aliphatic heterocycles. The molecule has 0 aromatic heterocycles. The van der Waals surface area contributed by atoms with Gasteiger partial charge in [0.25, 0.3) is 0 Å². The maximum Gasteiger partial charge on any atom is 0.146 e. The van der Waals surface area contributed by atoms with Gasteiger partial charge in [-0.05, 0) is 47.0 Å². The third kappa shape index (κ3) is 2.38. The summed E-state index contributed by atoms with van der Waals surface area (Å²) in [5.74, 6) is 1.25. The van der Waals surface area contributed by atoms with Gasteiger partial charge in [-0.25, -0.2) is 0 Å². The summed E-state index contributed by atoms with van der Waals surface area (Å²) in [6.45, 7) is 0. The predicted molar refractivity (Wildman–Crippen MR) is 81.4 cm³/mol. The van der Waals surface area contributed by atoms with E-state index in [1.165, 1.54) is 6.42 Å². The number of benzene rings is 1. The third-order valence-corrected chi connectivity index (χ3v) is 5.56. The molecule has 0 radical (unpaired) electrons. The quantitative estimate of drug-likeness (QED) is 0.722. The number of rotatable bonds is 2. The van der Waals surface area contributed by atoms with Gasteiger partial charge < -0.3 is 4.74 Å². The van der Waals surface area contributed by atoms with Crippen molar-refractivity contribution in [2.75, 3.05) is 0 Å². The molecular formula is C15H16Br2O2. The van der Waals surface area contributed by atoms with Crippen LogP contribution < -0.4 is 4.74 Å². The Labute approximate surface area is 130 Å². The summed E-state index contributed by atoms with van der Waals surface area (Å²) < 4.78 is 8.07. The van der Waals surface area contributed by atoms with E-state index in [-0.39, 0.29) is 11.5 Å². The molecule has 0 N–H and O–H groups in total. The lowest BCUT2D eigenvalue weighted by atomic mass is 9.57. The number of ether oxygens (including phenoxy) is 1. The molecule has 0 amide bonds. The van der Waals surface area contributed by atoms with Crippen LogP contribution >= 0.6 is 31.9 Å². The van der Waals surface area contributed by atoms with E-state index in [0.717, 1.165) is 40.4 Å². The highest BCUT2D eigenvalue weighted by Crippen LogP contribution is 2.51. The Morgan fingerprint density at radius 3 is 2.53 bits per heavy atom. The Hall–Kier alpha value is -0.350. The van der Waals surface area contributed by atoms with Crippen LogP contribution in [-0.2, 0) is 4.79 Å². The highest BCUT2D eigenvalue weighted by Gasteiger charge is 2.56. The molecule has 2 nitrogen and oxygen atoms in total. The van der Waals surface area contributed by atoms with Crippen LogP contribution in [0, 0.1) is 5.41 Å². The Balaban J connectivity index is 1.78. The Morgan fingerprint density at radius 2 is 1.89 bits per heavy atom. The van der Waals surface area contributed by atoms with Crippen LogP contribution in [0.5, 0.6) is 5.75 Å².